The summed E-state index contributed by atoms with van der Waals surface area (Å²) in [6.07, 6.45) is 10.1. The van der Waals surface area contributed by atoms with Gasteiger partial charge >= 0.3 is 6.03 Å². The average molecular weight is 304 g/mol. The molecular formula is C17H28N4O. The van der Waals surface area contributed by atoms with Crippen molar-refractivity contribution in [3.05, 3.63) is 18.2 Å². The summed E-state index contributed by atoms with van der Waals surface area (Å²) in [4.78, 5) is 19.0. The van der Waals surface area contributed by atoms with Crippen molar-refractivity contribution < 1.29 is 4.79 Å². The van der Waals surface area contributed by atoms with Crippen molar-refractivity contribution in [1.82, 2.24) is 19.8 Å². The molecule has 1 aromatic heterocycles. The molecule has 2 aliphatic rings. The number of hydrogen-bond donors (Lipinski definition) is 1. The van der Waals surface area contributed by atoms with E-state index in [2.05, 4.69) is 33.6 Å². The molecule has 1 N–H and O–H groups in total. The Morgan fingerprint density at radius 3 is 3.00 bits per heavy atom. The van der Waals surface area contributed by atoms with Crippen molar-refractivity contribution in [1.29, 1.82) is 0 Å². The van der Waals surface area contributed by atoms with Crippen LogP contribution >= 0.6 is 0 Å². The van der Waals surface area contributed by atoms with Crippen LogP contribution in [-0.2, 0) is 13.1 Å². The zero-order valence-corrected chi connectivity index (χ0v) is 13.8. The number of carbonyl (C=O) groups is 1. The molecule has 0 aromatic carbocycles. The van der Waals surface area contributed by atoms with Crippen LogP contribution in [0.1, 0.15) is 51.8 Å². The highest BCUT2D eigenvalue weighted by molar-refractivity contribution is 5.74. The van der Waals surface area contributed by atoms with E-state index in [1.165, 1.54) is 32.1 Å². The molecule has 1 aliphatic heterocycles. The fraction of sp³-hybridized carbons (Fsp3) is 0.765. The molecule has 2 unspecified atom stereocenters. The Kier molecular flexibility index (Phi) is 4.69. The maximum atomic E-state index is 12.5. The number of aromatic nitrogens is 2. The second kappa shape index (κ2) is 6.71. The largest absolute Gasteiger partial charge is 0.333 e. The van der Waals surface area contributed by atoms with Crippen LogP contribution in [0.5, 0.6) is 0 Å². The minimum Gasteiger partial charge on any atom is -0.333 e. The number of likely N-dealkylation sites (tertiary alicyclic amines) is 1. The van der Waals surface area contributed by atoms with Crippen molar-refractivity contribution in [2.75, 3.05) is 6.54 Å². The molecule has 2 fully saturated rings. The maximum Gasteiger partial charge on any atom is 0.318 e. The van der Waals surface area contributed by atoms with Gasteiger partial charge in [-0.15, -0.1) is 0 Å². The van der Waals surface area contributed by atoms with Crippen LogP contribution in [0.3, 0.4) is 0 Å². The summed E-state index contributed by atoms with van der Waals surface area (Å²) < 4.78 is 2.14. The van der Waals surface area contributed by atoms with Crippen molar-refractivity contribution in [3.8, 4) is 0 Å². The first-order valence-electron chi connectivity index (χ1n) is 8.69. The van der Waals surface area contributed by atoms with Crippen LogP contribution in [0, 0.1) is 11.8 Å². The lowest BCUT2D eigenvalue weighted by Gasteiger charge is -2.31. The van der Waals surface area contributed by atoms with Gasteiger partial charge in [0.1, 0.15) is 5.82 Å². The number of fused-ring (bicyclic) bond motifs is 1. The molecule has 1 saturated heterocycles. The Hall–Kier alpha value is -1.52. The number of hydrogen-bond acceptors (Lipinski definition) is 2. The molecule has 0 bridgehead atoms. The summed E-state index contributed by atoms with van der Waals surface area (Å²) in [5, 5.41) is 3.08. The average Bonchev–Trinajstić information content (AvgIpc) is 3.11. The number of nitrogens with zero attached hydrogens (tertiary/aromatic N) is 3. The van der Waals surface area contributed by atoms with E-state index in [4.69, 9.17) is 0 Å². The molecule has 1 saturated carbocycles. The molecule has 22 heavy (non-hydrogen) atoms. The molecule has 2 atom stereocenters. The normalized spacial score (nSPS) is 24.6. The Balaban J connectivity index is 1.55. The van der Waals surface area contributed by atoms with Gasteiger partial charge in [0.15, 0.2) is 0 Å². The third-order valence-electron chi connectivity index (χ3n) is 5.03. The maximum absolute atomic E-state index is 12.5. The Labute approximate surface area is 133 Å². The molecule has 2 heterocycles. The third-order valence-corrected chi connectivity index (χ3v) is 5.03. The number of carbonyl (C=O) groups excluding carboxylic acids is 1. The predicted octanol–water partition coefficient (Wildman–Crippen LogP) is 3.01. The van der Waals surface area contributed by atoms with Gasteiger partial charge in [-0.25, -0.2) is 9.78 Å². The van der Waals surface area contributed by atoms with Crippen LogP contribution in [0.25, 0.3) is 0 Å². The molecule has 0 spiro atoms. The number of urea groups is 1. The summed E-state index contributed by atoms with van der Waals surface area (Å²) in [6, 6.07) is 0.567. The topological polar surface area (TPSA) is 50.2 Å². The SMILES string of the molecule is CC(C)Cn1ccnc1CNC(=O)N1CCC2CCCCC21. The third kappa shape index (κ3) is 3.28. The minimum absolute atomic E-state index is 0.0912. The van der Waals surface area contributed by atoms with Crippen LogP contribution in [0.4, 0.5) is 4.79 Å². The number of rotatable bonds is 4. The van der Waals surface area contributed by atoms with Gasteiger partial charge in [-0.2, -0.15) is 0 Å². The summed E-state index contributed by atoms with van der Waals surface area (Å²) in [5.41, 5.74) is 0. The lowest BCUT2D eigenvalue weighted by atomic mass is 9.85. The monoisotopic (exact) mass is 304 g/mol. The van der Waals surface area contributed by atoms with E-state index < -0.39 is 0 Å². The fourth-order valence-electron chi connectivity index (χ4n) is 3.98. The lowest BCUT2D eigenvalue weighted by Crippen LogP contribution is -2.45. The van der Waals surface area contributed by atoms with E-state index in [-0.39, 0.29) is 6.03 Å². The lowest BCUT2D eigenvalue weighted by molar-refractivity contribution is 0.169. The molecule has 5 heteroatoms. The van der Waals surface area contributed by atoms with Gasteiger partial charge in [-0.3, -0.25) is 0 Å². The summed E-state index contributed by atoms with van der Waals surface area (Å²) in [6.45, 7) is 6.76. The van der Waals surface area contributed by atoms with Crippen molar-refractivity contribution in [2.45, 2.75) is 65.1 Å². The molecule has 3 rings (SSSR count). The Morgan fingerprint density at radius 2 is 2.18 bits per heavy atom. The van der Waals surface area contributed by atoms with Crippen LogP contribution in [-0.4, -0.2) is 33.1 Å². The van der Waals surface area contributed by atoms with Gasteiger partial charge in [0.05, 0.1) is 6.54 Å². The highest BCUT2D eigenvalue weighted by atomic mass is 16.2. The molecule has 1 aromatic rings. The number of nitrogens with one attached hydrogen (secondary N) is 1. The van der Waals surface area contributed by atoms with E-state index in [1.807, 2.05) is 12.4 Å². The smallest absolute Gasteiger partial charge is 0.318 e. The molecule has 0 radical (unpaired) electrons. The first-order valence-corrected chi connectivity index (χ1v) is 8.69. The predicted molar refractivity (Wildman–Crippen MR) is 86.4 cm³/mol. The number of amides is 2. The van der Waals surface area contributed by atoms with Gasteiger partial charge in [0, 0.05) is 31.5 Å². The standard InChI is InChI=1S/C17H28N4O/c1-13(2)12-20-10-8-18-16(20)11-19-17(22)21-9-7-14-5-3-4-6-15(14)21/h8,10,13-15H,3-7,9,11-12H2,1-2H3,(H,19,22). The van der Waals surface area contributed by atoms with Crippen LogP contribution < -0.4 is 5.32 Å². The number of imidazole rings is 1. The van der Waals surface area contributed by atoms with Crippen LogP contribution in [0.15, 0.2) is 12.4 Å². The first kappa shape index (κ1) is 15.4. The van der Waals surface area contributed by atoms with Gasteiger partial charge in [0.25, 0.3) is 0 Å². The second-order valence-corrected chi connectivity index (χ2v) is 7.14. The van der Waals surface area contributed by atoms with Crippen molar-refractivity contribution in [3.63, 3.8) is 0 Å². The van der Waals surface area contributed by atoms with E-state index in [9.17, 15) is 4.79 Å². The minimum atomic E-state index is 0.0912. The van der Waals surface area contributed by atoms with Crippen LogP contribution in [0.2, 0.25) is 0 Å². The van der Waals surface area contributed by atoms with E-state index in [0.29, 0.717) is 18.5 Å². The Bertz CT molecular complexity index is 511. The fourth-order valence-corrected chi connectivity index (χ4v) is 3.98. The van der Waals surface area contributed by atoms with E-state index in [0.717, 1.165) is 24.8 Å². The quantitative estimate of drug-likeness (QED) is 0.929. The highest BCUT2D eigenvalue weighted by Gasteiger charge is 2.38. The van der Waals surface area contributed by atoms with Gasteiger partial charge in [-0.05, 0) is 31.1 Å². The van der Waals surface area contributed by atoms with E-state index in [1.54, 1.807) is 0 Å². The summed E-state index contributed by atoms with van der Waals surface area (Å²) >= 11 is 0. The molecule has 5 nitrogen and oxygen atoms in total. The molecule has 2 amide bonds. The van der Waals surface area contributed by atoms with E-state index >= 15 is 0 Å². The Morgan fingerprint density at radius 1 is 1.36 bits per heavy atom. The van der Waals surface area contributed by atoms with Crippen molar-refractivity contribution in [2.24, 2.45) is 11.8 Å². The summed E-state index contributed by atoms with van der Waals surface area (Å²) in [7, 11) is 0. The molecular weight excluding hydrogens is 276 g/mol. The molecule has 1 aliphatic carbocycles. The summed E-state index contributed by atoms with van der Waals surface area (Å²) in [5.74, 6) is 2.26. The first-order chi connectivity index (χ1) is 10.6. The van der Waals surface area contributed by atoms with Crippen molar-refractivity contribution >= 4 is 6.03 Å². The van der Waals surface area contributed by atoms with Gasteiger partial charge in [-0.1, -0.05) is 26.7 Å². The second-order valence-electron chi connectivity index (χ2n) is 7.14. The zero-order chi connectivity index (χ0) is 15.5. The highest BCUT2D eigenvalue weighted by Crippen LogP contribution is 2.35. The van der Waals surface area contributed by atoms with Gasteiger partial charge < -0.3 is 14.8 Å². The van der Waals surface area contributed by atoms with Gasteiger partial charge in [0.2, 0.25) is 0 Å². The zero-order valence-electron chi connectivity index (χ0n) is 13.8. The molecule has 122 valence electrons.